The van der Waals surface area contributed by atoms with Crippen molar-refractivity contribution in [3.05, 3.63) is 36.6 Å². The maximum Gasteiger partial charge on any atom is 0.115 e. The molecule has 0 N–H and O–H groups in total. The number of allylic oxidation sites excluding steroid dienone is 3. The van der Waals surface area contributed by atoms with Crippen LogP contribution in [0.25, 0.3) is 0 Å². The average Bonchev–Trinajstić information content (AvgIpc) is 2.42. The van der Waals surface area contributed by atoms with Gasteiger partial charge in [0.15, 0.2) is 0 Å². The van der Waals surface area contributed by atoms with Crippen LogP contribution < -0.4 is 0 Å². The molecule has 0 unspecified atom stereocenters. The van der Waals surface area contributed by atoms with E-state index in [0.717, 1.165) is 18.8 Å². The Morgan fingerprint density at radius 1 is 1.45 bits per heavy atom. The third-order valence-corrected chi connectivity index (χ3v) is 1.32. The van der Waals surface area contributed by atoms with Crippen molar-refractivity contribution in [2.75, 3.05) is 6.61 Å². The fraction of sp³-hybridized carbons (Fsp3) is 0.400. The van der Waals surface area contributed by atoms with Crippen LogP contribution in [-0.4, -0.2) is 6.61 Å². The summed E-state index contributed by atoms with van der Waals surface area (Å²) in [7, 11) is 0. The summed E-state index contributed by atoms with van der Waals surface area (Å²) in [6.07, 6.45) is 4.68. The van der Waals surface area contributed by atoms with Gasteiger partial charge in [0.25, 0.3) is 0 Å². The topological polar surface area (TPSA) is 9.23 Å². The predicted octanol–water partition coefficient (Wildman–Crippen LogP) is 3.06. The lowest BCUT2D eigenvalue weighted by Crippen LogP contribution is -1.74. The number of ether oxygens (including phenoxy) is 1. The van der Waals surface area contributed by atoms with E-state index in [1.54, 1.807) is 6.08 Å². The van der Waals surface area contributed by atoms with Gasteiger partial charge < -0.3 is 4.74 Å². The minimum absolute atomic E-state index is 0.776. The summed E-state index contributed by atoms with van der Waals surface area (Å²) in [6, 6.07) is 0. The molecule has 0 radical (unpaired) electrons. The highest BCUT2D eigenvalue weighted by Gasteiger charge is 2.10. The molecular weight excluding hydrogens is 136 g/mol. The van der Waals surface area contributed by atoms with Crippen molar-refractivity contribution < 1.29 is 4.74 Å². The van der Waals surface area contributed by atoms with E-state index in [4.69, 9.17) is 4.74 Å². The van der Waals surface area contributed by atoms with Crippen molar-refractivity contribution in [2.45, 2.75) is 20.3 Å². The van der Waals surface area contributed by atoms with Crippen LogP contribution in [0, 0.1) is 0 Å². The summed E-state index contributed by atoms with van der Waals surface area (Å²) in [4.78, 5) is 0. The van der Waals surface area contributed by atoms with Gasteiger partial charge in [-0.15, -0.1) is 0 Å². The van der Waals surface area contributed by atoms with E-state index < -0.39 is 0 Å². The van der Waals surface area contributed by atoms with Gasteiger partial charge in [-0.3, -0.25) is 0 Å². The molecule has 1 aliphatic rings. The molecule has 0 bridgehead atoms. The van der Waals surface area contributed by atoms with Gasteiger partial charge in [-0.05, 0) is 5.57 Å². The van der Waals surface area contributed by atoms with Gasteiger partial charge in [-0.2, -0.15) is 0 Å². The molecule has 0 amide bonds. The van der Waals surface area contributed by atoms with Crippen molar-refractivity contribution in [1.82, 2.24) is 0 Å². The van der Waals surface area contributed by atoms with Crippen LogP contribution >= 0.6 is 0 Å². The largest absolute Gasteiger partial charge is 0.494 e. The molecule has 0 aromatic carbocycles. The van der Waals surface area contributed by atoms with Crippen molar-refractivity contribution >= 4 is 0 Å². The number of hydrogen-bond donors (Lipinski definition) is 0. The molecule has 0 spiro atoms. The SMILES string of the molecule is C=C/C=C1/CCOC1=C.CC. The van der Waals surface area contributed by atoms with Gasteiger partial charge in [0.2, 0.25) is 0 Å². The Kier molecular flexibility index (Phi) is 5.26. The lowest BCUT2D eigenvalue weighted by atomic mass is 10.2. The molecule has 1 saturated heterocycles. The fourth-order valence-electron chi connectivity index (χ4n) is 0.835. The molecule has 0 aromatic heterocycles. The minimum Gasteiger partial charge on any atom is -0.494 e. The third kappa shape index (κ3) is 3.08. The number of rotatable bonds is 1. The Bertz CT molecular complexity index is 166. The summed E-state index contributed by atoms with van der Waals surface area (Å²) in [5, 5.41) is 0. The van der Waals surface area contributed by atoms with Crippen LogP contribution in [0.5, 0.6) is 0 Å². The molecule has 1 heterocycles. The van der Waals surface area contributed by atoms with Crippen LogP contribution in [0.3, 0.4) is 0 Å². The average molecular weight is 152 g/mol. The lowest BCUT2D eigenvalue weighted by Gasteiger charge is -1.92. The first kappa shape index (κ1) is 10.0. The molecule has 1 aliphatic heterocycles. The summed E-state index contributed by atoms with van der Waals surface area (Å²) in [5.41, 5.74) is 1.17. The van der Waals surface area contributed by atoms with Gasteiger partial charge in [0, 0.05) is 6.42 Å². The Labute approximate surface area is 69.1 Å². The van der Waals surface area contributed by atoms with E-state index >= 15 is 0 Å². The van der Waals surface area contributed by atoms with Crippen molar-refractivity contribution in [3.63, 3.8) is 0 Å². The van der Waals surface area contributed by atoms with E-state index in [2.05, 4.69) is 13.2 Å². The molecule has 1 heteroatoms. The first-order valence-electron chi connectivity index (χ1n) is 3.98. The molecule has 1 fully saturated rings. The second-order valence-electron chi connectivity index (χ2n) is 1.95. The van der Waals surface area contributed by atoms with E-state index in [-0.39, 0.29) is 0 Å². The first-order valence-corrected chi connectivity index (χ1v) is 3.98. The zero-order valence-corrected chi connectivity index (χ0v) is 7.39. The van der Waals surface area contributed by atoms with Crippen LogP contribution in [0.4, 0.5) is 0 Å². The monoisotopic (exact) mass is 152 g/mol. The Morgan fingerprint density at radius 3 is 2.45 bits per heavy atom. The molecule has 11 heavy (non-hydrogen) atoms. The highest BCUT2D eigenvalue weighted by Crippen LogP contribution is 2.21. The first-order chi connectivity index (χ1) is 5.34. The summed E-state index contributed by atoms with van der Waals surface area (Å²) >= 11 is 0. The molecule has 0 aromatic rings. The second-order valence-corrected chi connectivity index (χ2v) is 1.95. The standard InChI is InChI=1S/C8H10O.C2H6/c1-3-4-8-5-6-9-7(8)2;1-2/h3-4H,1-2,5-6H2;1-2H3/b8-4-;. The van der Waals surface area contributed by atoms with E-state index in [9.17, 15) is 0 Å². The van der Waals surface area contributed by atoms with Crippen molar-refractivity contribution in [2.24, 2.45) is 0 Å². The van der Waals surface area contributed by atoms with E-state index in [0.29, 0.717) is 0 Å². The number of hydrogen-bond acceptors (Lipinski definition) is 1. The van der Waals surface area contributed by atoms with Gasteiger partial charge in [0.1, 0.15) is 5.76 Å². The zero-order valence-electron chi connectivity index (χ0n) is 7.39. The predicted molar refractivity (Wildman–Crippen MR) is 49.3 cm³/mol. The van der Waals surface area contributed by atoms with Gasteiger partial charge in [-0.25, -0.2) is 0 Å². The molecule has 1 nitrogen and oxygen atoms in total. The molecule has 1 rings (SSSR count). The summed E-state index contributed by atoms with van der Waals surface area (Å²) in [6.45, 7) is 12.1. The van der Waals surface area contributed by atoms with Crippen LogP contribution in [0.15, 0.2) is 36.6 Å². The van der Waals surface area contributed by atoms with E-state index in [1.165, 1.54) is 5.57 Å². The van der Waals surface area contributed by atoms with Crippen molar-refractivity contribution in [1.29, 1.82) is 0 Å². The summed E-state index contributed by atoms with van der Waals surface area (Å²) in [5.74, 6) is 0.801. The highest BCUT2D eigenvalue weighted by atomic mass is 16.5. The van der Waals surface area contributed by atoms with Gasteiger partial charge in [-0.1, -0.05) is 39.2 Å². The third-order valence-electron chi connectivity index (χ3n) is 1.32. The Balaban J connectivity index is 0.000000461. The van der Waals surface area contributed by atoms with Crippen LogP contribution in [0.2, 0.25) is 0 Å². The normalized spacial score (nSPS) is 18.7. The van der Waals surface area contributed by atoms with Crippen LogP contribution in [0.1, 0.15) is 20.3 Å². The molecular formula is C10H16O. The summed E-state index contributed by atoms with van der Waals surface area (Å²) < 4.78 is 5.11. The zero-order chi connectivity index (χ0) is 8.69. The maximum atomic E-state index is 5.11. The maximum absolute atomic E-state index is 5.11. The molecule has 62 valence electrons. The van der Waals surface area contributed by atoms with Gasteiger partial charge >= 0.3 is 0 Å². The molecule has 0 aliphatic carbocycles. The van der Waals surface area contributed by atoms with Crippen molar-refractivity contribution in [3.8, 4) is 0 Å². The smallest absolute Gasteiger partial charge is 0.115 e. The minimum atomic E-state index is 0.776. The lowest BCUT2D eigenvalue weighted by molar-refractivity contribution is 0.267. The Morgan fingerprint density at radius 2 is 2.09 bits per heavy atom. The quantitative estimate of drug-likeness (QED) is 0.561. The van der Waals surface area contributed by atoms with Gasteiger partial charge in [0.05, 0.1) is 6.61 Å². The van der Waals surface area contributed by atoms with Crippen LogP contribution in [-0.2, 0) is 4.74 Å². The highest BCUT2D eigenvalue weighted by molar-refractivity contribution is 5.29. The van der Waals surface area contributed by atoms with E-state index in [1.807, 2.05) is 19.9 Å². The second kappa shape index (κ2) is 5.78. The molecule has 0 saturated carbocycles. The molecule has 0 atom stereocenters. The Hall–Kier alpha value is -0.980. The fourth-order valence-corrected chi connectivity index (χ4v) is 0.835.